The second kappa shape index (κ2) is 7.53. The van der Waals surface area contributed by atoms with Crippen LogP contribution in [0.15, 0.2) is 24.3 Å². The van der Waals surface area contributed by atoms with Gasteiger partial charge >= 0.3 is 12.1 Å². The average Bonchev–Trinajstić information content (AvgIpc) is 3.11. The van der Waals surface area contributed by atoms with E-state index in [1.807, 2.05) is 6.07 Å². The molecule has 0 bridgehead atoms. The van der Waals surface area contributed by atoms with Gasteiger partial charge in [0.2, 0.25) is 5.91 Å². The Balaban J connectivity index is 1.68. The molecule has 0 spiro atoms. The first-order valence-electron chi connectivity index (χ1n) is 8.47. The molecule has 6 nitrogen and oxygen atoms in total. The molecule has 0 aromatic heterocycles. The second-order valence-electron chi connectivity index (χ2n) is 6.29. The summed E-state index contributed by atoms with van der Waals surface area (Å²) < 4.78 is 43.4. The van der Waals surface area contributed by atoms with Gasteiger partial charge < -0.3 is 19.9 Å². The zero-order valence-electron chi connectivity index (χ0n) is 14.1. The minimum Gasteiger partial charge on any atom is -0.378 e. The number of hydrogen-bond acceptors (Lipinski definition) is 4. The molecule has 2 aliphatic rings. The lowest BCUT2D eigenvalue weighted by molar-refractivity contribution is -0.186. The predicted octanol–water partition coefficient (Wildman–Crippen LogP) is 2.01. The highest BCUT2D eigenvalue weighted by Crippen LogP contribution is 2.27. The maximum absolute atomic E-state index is 12.7. The molecular formula is C17H20F3N3O3. The van der Waals surface area contributed by atoms with Gasteiger partial charge in [0.05, 0.1) is 13.2 Å². The molecule has 2 amide bonds. The Labute approximate surface area is 148 Å². The number of benzene rings is 1. The fourth-order valence-corrected chi connectivity index (χ4v) is 3.27. The van der Waals surface area contributed by atoms with Crippen LogP contribution in [0, 0.1) is 0 Å². The number of alkyl halides is 3. The number of nitrogens with one attached hydrogen (secondary N) is 1. The van der Waals surface area contributed by atoms with Gasteiger partial charge in [-0.1, -0.05) is 6.07 Å². The Bertz CT molecular complexity index is 675. The van der Waals surface area contributed by atoms with E-state index < -0.39 is 24.0 Å². The summed E-state index contributed by atoms with van der Waals surface area (Å²) in [5, 5.41) is 2.64. The number of nitrogens with zero attached hydrogens (tertiary/aromatic N) is 2. The van der Waals surface area contributed by atoms with Crippen molar-refractivity contribution in [3.8, 4) is 0 Å². The Morgan fingerprint density at radius 2 is 1.88 bits per heavy atom. The first-order valence-corrected chi connectivity index (χ1v) is 8.47. The molecule has 9 heteroatoms. The third kappa shape index (κ3) is 4.09. The number of amides is 2. The molecule has 1 aromatic rings. The molecule has 2 saturated heterocycles. The lowest BCUT2D eigenvalue weighted by Gasteiger charge is -2.29. The number of morpholine rings is 1. The lowest BCUT2D eigenvalue weighted by Crippen LogP contribution is -2.48. The number of carbonyl (C=O) groups excluding carboxylic acids is 2. The van der Waals surface area contributed by atoms with Gasteiger partial charge in [-0.25, -0.2) is 0 Å². The predicted molar refractivity (Wildman–Crippen MR) is 88.9 cm³/mol. The van der Waals surface area contributed by atoms with Crippen LogP contribution in [0.2, 0.25) is 0 Å². The molecule has 26 heavy (non-hydrogen) atoms. The number of hydrogen-bond donors (Lipinski definition) is 1. The van der Waals surface area contributed by atoms with Gasteiger partial charge in [0.25, 0.3) is 0 Å². The molecule has 1 unspecified atom stereocenters. The third-order valence-corrected chi connectivity index (χ3v) is 4.55. The van der Waals surface area contributed by atoms with E-state index in [1.54, 1.807) is 18.2 Å². The molecule has 0 saturated carbocycles. The van der Waals surface area contributed by atoms with Crippen LogP contribution in [0.3, 0.4) is 0 Å². The van der Waals surface area contributed by atoms with E-state index >= 15 is 0 Å². The largest absolute Gasteiger partial charge is 0.471 e. The summed E-state index contributed by atoms with van der Waals surface area (Å²) in [7, 11) is 0. The first kappa shape index (κ1) is 18.5. The molecule has 142 valence electrons. The Hall–Kier alpha value is -2.29. The van der Waals surface area contributed by atoms with Crippen LogP contribution in [0.25, 0.3) is 0 Å². The van der Waals surface area contributed by atoms with Gasteiger partial charge in [-0.05, 0) is 31.0 Å². The minimum atomic E-state index is -4.97. The molecule has 3 rings (SSSR count). The van der Waals surface area contributed by atoms with Crippen molar-refractivity contribution in [2.75, 3.05) is 43.1 Å². The van der Waals surface area contributed by atoms with E-state index in [-0.39, 0.29) is 13.0 Å². The number of likely N-dealkylation sites (tertiary alicyclic amines) is 1. The van der Waals surface area contributed by atoms with E-state index in [1.165, 1.54) is 0 Å². The number of carbonyl (C=O) groups is 2. The Morgan fingerprint density at radius 3 is 2.58 bits per heavy atom. The second-order valence-corrected chi connectivity index (χ2v) is 6.29. The standard InChI is InChI=1S/C17H20F3N3O3/c18-17(19,20)16(25)23-6-2-5-14(23)15(24)21-12-3-1-4-13(11-12)22-7-9-26-10-8-22/h1,3-4,11,14H,2,5-10H2,(H,21,24). The van der Waals surface area contributed by atoms with Crippen LogP contribution in [-0.4, -0.2) is 61.8 Å². The molecule has 1 atom stereocenters. The molecule has 2 fully saturated rings. The van der Waals surface area contributed by atoms with Crippen molar-refractivity contribution in [2.24, 2.45) is 0 Å². The fourth-order valence-electron chi connectivity index (χ4n) is 3.27. The minimum absolute atomic E-state index is 0.0652. The van der Waals surface area contributed by atoms with Crippen molar-refractivity contribution in [3.63, 3.8) is 0 Å². The van der Waals surface area contributed by atoms with E-state index in [0.717, 1.165) is 18.8 Å². The van der Waals surface area contributed by atoms with Crippen molar-refractivity contribution in [1.29, 1.82) is 0 Å². The van der Waals surface area contributed by atoms with E-state index in [9.17, 15) is 22.8 Å². The highest BCUT2D eigenvalue weighted by Gasteiger charge is 2.47. The molecule has 1 aromatic carbocycles. The Kier molecular flexibility index (Phi) is 5.36. The van der Waals surface area contributed by atoms with Crippen molar-refractivity contribution < 1.29 is 27.5 Å². The van der Waals surface area contributed by atoms with Gasteiger partial charge in [-0.15, -0.1) is 0 Å². The van der Waals surface area contributed by atoms with Crippen LogP contribution in [-0.2, 0) is 14.3 Å². The Morgan fingerprint density at radius 1 is 1.15 bits per heavy atom. The number of rotatable bonds is 3. The smallest absolute Gasteiger partial charge is 0.378 e. The summed E-state index contributed by atoms with van der Waals surface area (Å²) in [5.74, 6) is -2.56. The fraction of sp³-hybridized carbons (Fsp3) is 0.529. The maximum Gasteiger partial charge on any atom is 0.471 e. The van der Waals surface area contributed by atoms with Crippen LogP contribution < -0.4 is 10.2 Å². The normalized spacial score (nSPS) is 21.0. The quantitative estimate of drug-likeness (QED) is 0.883. The molecule has 1 N–H and O–H groups in total. The summed E-state index contributed by atoms with van der Waals surface area (Å²) in [6.07, 6.45) is -4.39. The van der Waals surface area contributed by atoms with Gasteiger partial charge in [0, 0.05) is 31.0 Å². The molecule has 0 radical (unpaired) electrons. The first-order chi connectivity index (χ1) is 12.4. The van der Waals surface area contributed by atoms with E-state index in [0.29, 0.717) is 30.2 Å². The van der Waals surface area contributed by atoms with Crippen LogP contribution >= 0.6 is 0 Å². The number of halogens is 3. The van der Waals surface area contributed by atoms with Gasteiger partial charge in [-0.2, -0.15) is 13.2 Å². The SMILES string of the molecule is O=C(Nc1cccc(N2CCOCC2)c1)C1CCCN1C(=O)C(F)(F)F. The summed E-state index contributed by atoms with van der Waals surface area (Å²) in [6, 6.07) is 6.01. The third-order valence-electron chi connectivity index (χ3n) is 4.55. The zero-order valence-corrected chi connectivity index (χ0v) is 14.1. The van der Waals surface area contributed by atoms with Crippen LogP contribution in [0.4, 0.5) is 24.5 Å². The van der Waals surface area contributed by atoms with E-state index in [2.05, 4.69) is 10.2 Å². The van der Waals surface area contributed by atoms with E-state index in [4.69, 9.17) is 4.74 Å². The highest BCUT2D eigenvalue weighted by molar-refractivity contribution is 5.98. The van der Waals surface area contributed by atoms with Crippen molar-refractivity contribution in [3.05, 3.63) is 24.3 Å². The maximum atomic E-state index is 12.7. The monoisotopic (exact) mass is 371 g/mol. The van der Waals surface area contributed by atoms with Crippen LogP contribution in [0.1, 0.15) is 12.8 Å². The van der Waals surface area contributed by atoms with Crippen molar-refractivity contribution in [1.82, 2.24) is 4.90 Å². The van der Waals surface area contributed by atoms with Gasteiger partial charge in [-0.3, -0.25) is 9.59 Å². The van der Waals surface area contributed by atoms with Crippen LogP contribution in [0.5, 0.6) is 0 Å². The summed E-state index contributed by atoms with van der Waals surface area (Å²) >= 11 is 0. The van der Waals surface area contributed by atoms with Crippen molar-refractivity contribution in [2.45, 2.75) is 25.1 Å². The molecule has 0 aliphatic carbocycles. The average molecular weight is 371 g/mol. The molecule has 2 aliphatic heterocycles. The zero-order chi connectivity index (χ0) is 18.7. The molecule has 2 heterocycles. The summed E-state index contributed by atoms with van der Waals surface area (Å²) in [6.45, 7) is 2.63. The van der Waals surface area contributed by atoms with Crippen molar-refractivity contribution >= 4 is 23.2 Å². The summed E-state index contributed by atoms with van der Waals surface area (Å²) in [4.78, 5) is 26.7. The lowest BCUT2D eigenvalue weighted by atomic mass is 10.2. The van der Waals surface area contributed by atoms with Gasteiger partial charge in [0.15, 0.2) is 0 Å². The highest BCUT2D eigenvalue weighted by atomic mass is 19.4. The summed E-state index contributed by atoms with van der Waals surface area (Å²) in [5.41, 5.74) is 1.39. The van der Waals surface area contributed by atoms with Gasteiger partial charge in [0.1, 0.15) is 6.04 Å². The number of ether oxygens (including phenoxy) is 1. The number of anilines is 2. The molecular weight excluding hydrogens is 351 g/mol. The topological polar surface area (TPSA) is 61.9 Å².